The first-order valence-electron chi connectivity index (χ1n) is 8.95. The predicted octanol–water partition coefficient (Wildman–Crippen LogP) is 0.907. The first-order chi connectivity index (χ1) is 12.2. The summed E-state index contributed by atoms with van der Waals surface area (Å²) in [7, 11) is -3.54. The van der Waals surface area contributed by atoms with E-state index >= 15 is 0 Å². The van der Waals surface area contributed by atoms with Crippen LogP contribution in [-0.2, 0) is 14.8 Å². The van der Waals surface area contributed by atoms with Crippen molar-refractivity contribution in [3.63, 3.8) is 0 Å². The van der Waals surface area contributed by atoms with Crippen molar-refractivity contribution in [1.82, 2.24) is 9.21 Å². The van der Waals surface area contributed by atoms with Crippen LogP contribution in [-0.4, -0.2) is 69.0 Å². The molecule has 1 aromatic carbocycles. The van der Waals surface area contributed by atoms with Gasteiger partial charge in [0.2, 0.25) is 10.0 Å². The lowest BCUT2D eigenvalue weighted by molar-refractivity contribution is 0.0533. The van der Waals surface area contributed by atoms with E-state index in [1.165, 1.54) is 16.4 Å². The number of nitrogens with zero attached hydrogens (tertiary/aromatic N) is 2. The Morgan fingerprint density at radius 2 is 1.77 bits per heavy atom. The molecule has 2 N–H and O–H groups in total. The van der Waals surface area contributed by atoms with Gasteiger partial charge in [0.05, 0.1) is 18.1 Å². The Balaban J connectivity index is 1.74. The molecule has 0 aliphatic carbocycles. The van der Waals surface area contributed by atoms with Crippen LogP contribution in [0, 0.1) is 5.41 Å². The Kier molecular flexibility index (Phi) is 5.39. The minimum atomic E-state index is -3.54. The third-order valence-electron chi connectivity index (χ3n) is 5.31. The zero-order chi connectivity index (χ0) is 18.9. The summed E-state index contributed by atoms with van der Waals surface area (Å²) in [5.74, 6) is -0.0831. The lowest BCUT2D eigenvalue weighted by Gasteiger charge is -2.42. The van der Waals surface area contributed by atoms with E-state index in [-0.39, 0.29) is 22.3 Å². The molecule has 2 aliphatic rings. The predicted molar refractivity (Wildman–Crippen MR) is 98.3 cm³/mol. The van der Waals surface area contributed by atoms with Crippen molar-refractivity contribution in [2.75, 3.05) is 39.4 Å². The Bertz CT molecular complexity index is 755. The fourth-order valence-electron chi connectivity index (χ4n) is 3.44. The molecule has 26 heavy (non-hydrogen) atoms. The third-order valence-corrected chi connectivity index (χ3v) is 7.22. The van der Waals surface area contributed by atoms with Gasteiger partial charge in [0.15, 0.2) is 0 Å². The highest BCUT2D eigenvalue weighted by molar-refractivity contribution is 7.89. The number of hydrogen-bond acceptors (Lipinski definition) is 5. The lowest BCUT2D eigenvalue weighted by Crippen LogP contribution is -2.54. The van der Waals surface area contributed by atoms with Gasteiger partial charge in [-0.1, -0.05) is 13.8 Å². The molecule has 8 heteroatoms. The Morgan fingerprint density at radius 1 is 1.15 bits per heavy atom. The molecular weight excluding hydrogens is 354 g/mol. The molecule has 144 valence electrons. The molecule has 0 radical (unpaired) electrons. The average Bonchev–Trinajstić information content (AvgIpc) is 2.64. The topological polar surface area (TPSA) is 92.9 Å². The summed E-state index contributed by atoms with van der Waals surface area (Å²) in [6.07, 6.45) is 0.766. The smallest absolute Gasteiger partial charge is 0.253 e. The van der Waals surface area contributed by atoms with Crippen molar-refractivity contribution >= 4 is 15.9 Å². The molecule has 1 aromatic rings. The molecule has 1 unspecified atom stereocenters. The van der Waals surface area contributed by atoms with Gasteiger partial charge in [0, 0.05) is 37.8 Å². The maximum Gasteiger partial charge on any atom is 0.253 e. The number of hydrogen-bond donors (Lipinski definition) is 1. The van der Waals surface area contributed by atoms with Crippen LogP contribution >= 0.6 is 0 Å². The highest BCUT2D eigenvalue weighted by atomic mass is 32.2. The molecule has 0 spiro atoms. The summed E-state index contributed by atoms with van der Waals surface area (Å²) in [4.78, 5) is 14.8. The number of piperidine rings is 1. The maximum atomic E-state index is 12.8. The fourth-order valence-corrected chi connectivity index (χ4v) is 4.84. The van der Waals surface area contributed by atoms with Crippen molar-refractivity contribution in [3.05, 3.63) is 29.8 Å². The van der Waals surface area contributed by atoms with Gasteiger partial charge in [-0.15, -0.1) is 0 Å². The van der Waals surface area contributed by atoms with E-state index in [2.05, 4.69) is 13.8 Å². The van der Waals surface area contributed by atoms with Gasteiger partial charge < -0.3 is 15.4 Å². The quantitative estimate of drug-likeness (QED) is 0.840. The van der Waals surface area contributed by atoms with Gasteiger partial charge in [-0.2, -0.15) is 4.31 Å². The Morgan fingerprint density at radius 3 is 2.35 bits per heavy atom. The minimum absolute atomic E-state index is 0.0765. The number of rotatable bonds is 3. The van der Waals surface area contributed by atoms with E-state index in [4.69, 9.17) is 10.5 Å². The van der Waals surface area contributed by atoms with E-state index < -0.39 is 10.0 Å². The summed E-state index contributed by atoms with van der Waals surface area (Å²) in [5, 5.41) is 0. The van der Waals surface area contributed by atoms with Gasteiger partial charge in [0.1, 0.15) is 0 Å². The monoisotopic (exact) mass is 381 g/mol. The number of carbonyl (C=O) groups excluding carboxylic acids is 1. The van der Waals surface area contributed by atoms with Gasteiger partial charge in [-0.05, 0) is 36.1 Å². The first-order valence-corrected chi connectivity index (χ1v) is 10.4. The SMILES string of the molecule is CC1(C)CN(C(=O)c2ccc(S(=O)(=O)N3CCOCC3)cc2)CCC1N. The number of morpholine rings is 1. The van der Waals surface area contributed by atoms with Crippen LogP contribution in [0.3, 0.4) is 0 Å². The number of carbonyl (C=O) groups is 1. The number of likely N-dealkylation sites (tertiary alicyclic amines) is 1. The van der Waals surface area contributed by atoms with Gasteiger partial charge in [-0.3, -0.25) is 4.79 Å². The summed E-state index contributed by atoms with van der Waals surface area (Å²) in [5.41, 5.74) is 6.50. The summed E-state index contributed by atoms with van der Waals surface area (Å²) < 4.78 is 31.9. The Labute approximate surface area is 155 Å². The molecule has 0 saturated carbocycles. The second kappa shape index (κ2) is 7.26. The average molecular weight is 381 g/mol. The van der Waals surface area contributed by atoms with E-state index in [0.29, 0.717) is 45.0 Å². The minimum Gasteiger partial charge on any atom is -0.379 e. The molecule has 2 fully saturated rings. The van der Waals surface area contributed by atoms with Crippen LogP contribution in [0.25, 0.3) is 0 Å². The van der Waals surface area contributed by atoms with Crippen molar-refractivity contribution in [1.29, 1.82) is 0 Å². The molecule has 2 aliphatic heterocycles. The summed E-state index contributed by atoms with van der Waals surface area (Å²) in [6.45, 7) is 6.87. The standard InChI is InChI=1S/C18H27N3O4S/c1-18(2)13-20(8-7-16(18)19)17(22)14-3-5-15(6-4-14)26(23,24)21-9-11-25-12-10-21/h3-6,16H,7-13,19H2,1-2H3. The largest absolute Gasteiger partial charge is 0.379 e. The Hall–Kier alpha value is -1.48. The van der Waals surface area contributed by atoms with E-state index in [0.717, 1.165) is 6.42 Å². The van der Waals surface area contributed by atoms with Crippen LogP contribution in [0.4, 0.5) is 0 Å². The fraction of sp³-hybridized carbons (Fsp3) is 0.611. The van der Waals surface area contributed by atoms with Crippen molar-refractivity contribution in [3.8, 4) is 0 Å². The van der Waals surface area contributed by atoms with Crippen LogP contribution in [0.1, 0.15) is 30.6 Å². The number of sulfonamides is 1. The second-order valence-electron chi connectivity index (χ2n) is 7.65. The number of ether oxygens (including phenoxy) is 1. The first kappa shape index (κ1) is 19.3. The molecule has 0 bridgehead atoms. The lowest BCUT2D eigenvalue weighted by atomic mass is 9.79. The van der Waals surface area contributed by atoms with Crippen molar-refractivity contribution < 1.29 is 17.9 Å². The summed E-state index contributed by atoms with van der Waals surface area (Å²) in [6, 6.07) is 6.29. The van der Waals surface area contributed by atoms with Crippen molar-refractivity contribution in [2.45, 2.75) is 31.2 Å². The van der Waals surface area contributed by atoms with Crippen LogP contribution < -0.4 is 5.73 Å². The molecule has 2 saturated heterocycles. The highest BCUT2D eigenvalue weighted by Gasteiger charge is 2.35. The molecule has 2 heterocycles. The van der Waals surface area contributed by atoms with Gasteiger partial charge in [-0.25, -0.2) is 8.42 Å². The third kappa shape index (κ3) is 3.78. The van der Waals surface area contributed by atoms with E-state index in [1.807, 2.05) is 0 Å². The maximum absolute atomic E-state index is 12.8. The second-order valence-corrected chi connectivity index (χ2v) is 9.59. The molecule has 0 aromatic heterocycles. The zero-order valence-electron chi connectivity index (χ0n) is 15.3. The number of benzene rings is 1. The zero-order valence-corrected chi connectivity index (χ0v) is 16.2. The summed E-state index contributed by atoms with van der Waals surface area (Å²) >= 11 is 0. The molecule has 3 rings (SSSR count). The molecular formula is C18H27N3O4S. The molecule has 7 nitrogen and oxygen atoms in total. The molecule has 1 amide bonds. The molecule has 1 atom stereocenters. The van der Waals surface area contributed by atoms with Gasteiger partial charge >= 0.3 is 0 Å². The number of amides is 1. The van der Waals surface area contributed by atoms with Crippen molar-refractivity contribution in [2.24, 2.45) is 11.1 Å². The number of nitrogens with two attached hydrogens (primary N) is 1. The van der Waals surface area contributed by atoms with Crippen LogP contribution in [0.15, 0.2) is 29.2 Å². The van der Waals surface area contributed by atoms with Crippen LogP contribution in [0.2, 0.25) is 0 Å². The van der Waals surface area contributed by atoms with Crippen LogP contribution in [0.5, 0.6) is 0 Å². The van der Waals surface area contributed by atoms with Gasteiger partial charge in [0.25, 0.3) is 5.91 Å². The normalized spacial score (nSPS) is 24.4. The van der Waals surface area contributed by atoms with E-state index in [9.17, 15) is 13.2 Å². The van der Waals surface area contributed by atoms with E-state index in [1.54, 1.807) is 17.0 Å². The highest BCUT2D eigenvalue weighted by Crippen LogP contribution is 2.28.